The molecule has 1 fully saturated rings. The van der Waals surface area contributed by atoms with Gasteiger partial charge in [0.2, 0.25) is 5.91 Å². The molecule has 0 aliphatic carbocycles. The molecule has 5 nitrogen and oxygen atoms in total. The van der Waals surface area contributed by atoms with Crippen molar-refractivity contribution in [3.05, 3.63) is 35.9 Å². The summed E-state index contributed by atoms with van der Waals surface area (Å²) in [6, 6.07) is 10.1. The molecule has 1 aliphatic heterocycles. The molecule has 0 saturated carbocycles. The van der Waals surface area contributed by atoms with Crippen LogP contribution in [0.1, 0.15) is 12.0 Å². The number of fused-ring (bicyclic) bond motifs is 1. The van der Waals surface area contributed by atoms with Gasteiger partial charge in [-0.3, -0.25) is 4.79 Å². The monoisotopic (exact) mass is 270 g/mol. The minimum absolute atomic E-state index is 0.0996. The summed E-state index contributed by atoms with van der Waals surface area (Å²) in [6.45, 7) is 2.55. The molecule has 20 heavy (non-hydrogen) atoms. The molecule has 1 aromatic carbocycles. The Labute approximate surface area is 117 Å². The van der Waals surface area contributed by atoms with Crippen LogP contribution in [0.25, 0.3) is 10.9 Å². The lowest BCUT2D eigenvalue weighted by Crippen LogP contribution is -2.30. The largest absolute Gasteiger partial charge is 0.354 e. The van der Waals surface area contributed by atoms with Gasteiger partial charge in [-0.15, -0.1) is 0 Å². The Kier molecular flexibility index (Phi) is 3.52. The van der Waals surface area contributed by atoms with Crippen LogP contribution >= 0.6 is 0 Å². The Balaban J connectivity index is 2.02. The number of rotatable bonds is 2. The summed E-state index contributed by atoms with van der Waals surface area (Å²) in [6.07, 6.45) is 0.499. The highest BCUT2D eigenvalue weighted by Crippen LogP contribution is 2.23. The van der Waals surface area contributed by atoms with Gasteiger partial charge in [0.1, 0.15) is 5.82 Å². The Morgan fingerprint density at radius 2 is 2.15 bits per heavy atom. The fourth-order valence-electron chi connectivity index (χ4n) is 2.55. The Bertz CT molecular complexity index is 641. The van der Waals surface area contributed by atoms with Crippen LogP contribution in [0, 0.1) is 0 Å². The van der Waals surface area contributed by atoms with E-state index in [2.05, 4.69) is 16.3 Å². The minimum Gasteiger partial charge on any atom is -0.354 e. The van der Waals surface area contributed by atoms with E-state index in [-0.39, 0.29) is 5.91 Å². The van der Waals surface area contributed by atoms with Gasteiger partial charge in [-0.05, 0) is 12.1 Å². The van der Waals surface area contributed by atoms with Crippen molar-refractivity contribution in [1.29, 1.82) is 0 Å². The molecule has 2 heterocycles. The molecule has 0 unspecified atom stereocenters. The Morgan fingerprint density at radius 3 is 3.00 bits per heavy atom. The van der Waals surface area contributed by atoms with E-state index in [4.69, 9.17) is 10.7 Å². The molecule has 0 spiro atoms. The molecule has 2 aromatic rings. The smallest absolute Gasteiger partial charge is 0.221 e. The predicted octanol–water partition coefficient (Wildman–Crippen LogP) is 1.02. The van der Waals surface area contributed by atoms with E-state index in [9.17, 15) is 4.79 Å². The van der Waals surface area contributed by atoms with Crippen molar-refractivity contribution in [3.8, 4) is 0 Å². The van der Waals surface area contributed by atoms with E-state index in [0.29, 0.717) is 26.1 Å². The number of aromatic nitrogens is 1. The van der Waals surface area contributed by atoms with Crippen LogP contribution in [-0.4, -0.2) is 30.5 Å². The first-order valence-corrected chi connectivity index (χ1v) is 6.88. The van der Waals surface area contributed by atoms with Crippen molar-refractivity contribution in [3.63, 3.8) is 0 Å². The topological polar surface area (TPSA) is 71.2 Å². The zero-order chi connectivity index (χ0) is 13.9. The highest BCUT2D eigenvalue weighted by atomic mass is 16.1. The molecule has 3 N–H and O–H groups in total. The van der Waals surface area contributed by atoms with Gasteiger partial charge in [0.15, 0.2) is 0 Å². The van der Waals surface area contributed by atoms with E-state index in [0.717, 1.165) is 28.8 Å². The Hall–Kier alpha value is -2.14. The van der Waals surface area contributed by atoms with Crippen LogP contribution in [0.5, 0.6) is 0 Å². The van der Waals surface area contributed by atoms with Gasteiger partial charge in [-0.2, -0.15) is 0 Å². The normalized spacial score (nSPS) is 16.1. The first-order chi connectivity index (χ1) is 9.78. The molecule has 0 radical (unpaired) electrons. The van der Waals surface area contributed by atoms with Crippen molar-refractivity contribution in [1.82, 2.24) is 10.3 Å². The number of anilines is 1. The lowest BCUT2D eigenvalue weighted by molar-refractivity contribution is -0.120. The zero-order valence-electron chi connectivity index (χ0n) is 11.3. The van der Waals surface area contributed by atoms with Gasteiger partial charge in [0.05, 0.1) is 5.52 Å². The van der Waals surface area contributed by atoms with Gasteiger partial charge in [-0.25, -0.2) is 4.98 Å². The highest BCUT2D eigenvalue weighted by Gasteiger charge is 2.17. The summed E-state index contributed by atoms with van der Waals surface area (Å²) in [5.74, 6) is 1.00. The van der Waals surface area contributed by atoms with Crippen molar-refractivity contribution in [2.75, 3.05) is 24.5 Å². The van der Waals surface area contributed by atoms with Crippen LogP contribution in [0.2, 0.25) is 0 Å². The number of hydrogen-bond donors (Lipinski definition) is 2. The summed E-state index contributed by atoms with van der Waals surface area (Å²) in [4.78, 5) is 18.3. The third kappa shape index (κ3) is 2.44. The molecule has 0 bridgehead atoms. The van der Waals surface area contributed by atoms with Crippen LogP contribution in [0.4, 0.5) is 5.82 Å². The molecular formula is C15H18N4O. The second-order valence-electron chi connectivity index (χ2n) is 4.95. The lowest BCUT2D eigenvalue weighted by Gasteiger charge is -2.23. The molecule has 1 aliphatic rings. The zero-order valence-corrected chi connectivity index (χ0v) is 11.3. The van der Waals surface area contributed by atoms with Crippen molar-refractivity contribution >= 4 is 22.6 Å². The third-order valence-corrected chi connectivity index (χ3v) is 3.61. The lowest BCUT2D eigenvalue weighted by atomic mass is 10.1. The van der Waals surface area contributed by atoms with E-state index in [1.807, 2.05) is 24.3 Å². The van der Waals surface area contributed by atoms with Gasteiger partial charge in [0.25, 0.3) is 0 Å². The molecule has 0 atom stereocenters. The van der Waals surface area contributed by atoms with E-state index in [1.165, 1.54) is 0 Å². The fourth-order valence-corrected chi connectivity index (χ4v) is 2.55. The van der Waals surface area contributed by atoms with Crippen molar-refractivity contribution < 1.29 is 4.79 Å². The molecular weight excluding hydrogens is 252 g/mol. The number of nitrogens with zero attached hydrogens (tertiary/aromatic N) is 2. The quantitative estimate of drug-likeness (QED) is 0.854. The minimum atomic E-state index is 0.0996. The maximum atomic E-state index is 11.4. The second-order valence-corrected chi connectivity index (χ2v) is 4.95. The van der Waals surface area contributed by atoms with Gasteiger partial charge in [-0.1, -0.05) is 18.2 Å². The number of pyridine rings is 1. The average molecular weight is 270 g/mol. The first kappa shape index (κ1) is 12.9. The number of amides is 1. The summed E-state index contributed by atoms with van der Waals surface area (Å²) in [5, 5.41) is 3.98. The third-order valence-electron chi connectivity index (χ3n) is 3.61. The van der Waals surface area contributed by atoms with E-state index >= 15 is 0 Å². The number of carbonyl (C=O) groups is 1. The molecule has 1 saturated heterocycles. The number of nitrogens with one attached hydrogen (secondary N) is 1. The molecule has 3 rings (SSSR count). The molecule has 104 valence electrons. The van der Waals surface area contributed by atoms with Crippen molar-refractivity contribution in [2.24, 2.45) is 5.73 Å². The number of nitrogens with two attached hydrogens (primary N) is 1. The van der Waals surface area contributed by atoms with Crippen LogP contribution in [-0.2, 0) is 11.3 Å². The second kappa shape index (κ2) is 5.46. The summed E-state index contributed by atoms with van der Waals surface area (Å²) < 4.78 is 0. The van der Waals surface area contributed by atoms with Gasteiger partial charge >= 0.3 is 0 Å². The predicted molar refractivity (Wildman–Crippen MR) is 79.5 cm³/mol. The van der Waals surface area contributed by atoms with E-state index < -0.39 is 0 Å². The molecule has 1 aromatic heterocycles. The highest BCUT2D eigenvalue weighted by molar-refractivity contribution is 5.82. The number of carbonyl (C=O) groups excluding carboxylic acids is 1. The van der Waals surface area contributed by atoms with Crippen LogP contribution in [0.15, 0.2) is 30.3 Å². The molecule has 1 amide bonds. The number of hydrogen-bond acceptors (Lipinski definition) is 4. The van der Waals surface area contributed by atoms with Crippen molar-refractivity contribution in [2.45, 2.75) is 13.0 Å². The Morgan fingerprint density at radius 1 is 1.30 bits per heavy atom. The maximum Gasteiger partial charge on any atom is 0.221 e. The van der Waals surface area contributed by atoms with Crippen LogP contribution < -0.4 is 16.0 Å². The number of benzene rings is 1. The average Bonchev–Trinajstić information content (AvgIpc) is 2.70. The van der Waals surface area contributed by atoms with Crippen LogP contribution in [0.3, 0.4) is 0 Å². The summed E-state index contributed by atoms with van der Waals surface area (Å²) in [5.41, 5.74) is 7.85. The SMILES string of the molecule is NCc1cc2ccccc2nc1N1CCNC(=O)CC1. The van der Waals surface area contributed by atoms with Gasteiger partial charge < -0.3 is 16.0 Å². The maximum absolute atomic E-state index is 11.4. The first-order valence-electron chi connectivity index (χ1n) is 6.88. The van der Waals surface area contributed by atoms with E-state index in [1.54, 1.807) is 0 Å². The van der Waals surface area contributed by atoms with Gasteiger partial charge in [0, 0.05) is 43.5 Å². The standard InChI is InChI=1S/C15H18N4O/c16-10-12-9-11-3-1-2-4-13(11)18-15(12)19-7-5-14(20)17-6-8-19/h1-4,9H,5-8,10,16H2,(H,17,20). The summed E-state index contributed by atoms with van der Waals surface area (Å²) in [7, 11) is 0. The summed E-state index contributed by atoms with van der Waals surface area (Å²) >= 11 is 0. The number of para-hydroxylation sites is 1. The molecule has 5 heteroatoms. The fraction of sp³-hybridized carbons (Fsp3) is 0.333.